The van der Waals surface area contributed by atoms with Crippen LogP contribution in [0.15, 0.2) is 42.5 Å². The Morgan fingerprint density at radius 3 is 2.12 bits per heavy atom. The number of nitrogens with zero attached hydrogens (tertiary/aromatic N) is 2. The van der Waals surface area contributed by atoms with Crippen LogP contribution in [0.3, 0.4) is 0 Å². The van der Waals surface area contributed by atoms with Crippen LogP contribution in [0.1, 0.15) is 16.7 Å². The summed E-state index contributed by atoms with van der Waals surface area (Å²) in [7, 11) is 0. The molecule has 0 unspecified atom stereocenters. The highest BCUT2D eigenvalue weighted by Crippen LogP contribution is 2.30. The van der Waals surface area contributed by atoms with Crippen molar-refractivity contribution in [3.63, 3.8) is 0 Å². The molecule has 2 aromatic rings. The summed E-state index contributed by atoms with van der Waals surface area (Å²) >= 11 is 0. The zero-order valence-corrected chi connectivity index (χ0v) is 18.0. The van der Waals surface area contributed by atoms with E-state index in [1.807, 2.05) is 36.9 Å². The molecule has 2 aromatic carbocycles. The molecule has 32 heavy (non-hydrogen) atoms. The number of anilines is 1. The third-order valence-corrected chi connectivity index (χ3v) is 5.38. The summed E-state index contributed by atoms with van der Waals surface area (Å²) < 4.78 is 43.1. The summed E-state index contributed by atoms with van der Waals surface area (Å²) in [5.41, 5.74) is 2.06. The quantitative estimate of drug-likeness (QED) is 0.734. The van der Waals surface area contributed by atoms with Crippen LogP contribution in [0.25, 0.3) is 0 Å². The van der Waals surface area contributed by atoms with Gasteiger partial charge in [-0.05, 0) is 49.2 Å². The number of nitrogens with one attached hydrogen (secondary N) is 1. The molecular formula is C23H26F3N3O3. The fraction of sp³-hybridized carbons (Fsp3) is 0.391. The minimum absolute atomic E-state index is 0.104. The number of para-hydroxylation sites is 1. The highest BCUT2D eigenvalue weighted by atomic mass is 19.4. The van der Waals surface area contributed by atoms with Gasteiger partial charge in [-0.25, -0.2) is 0 Å². The van der Waals surface area contributed by atoms with Crippen LogP contribution in [-0.2, 0) is 15.8 Å². The smallest absolute Gasteiger partial charge is 0.416 e. The Balaban J connectivity index is 1.42. The zero-order chi connectivity index (χ0) is 23.3. The van der Waals surface area contributed by atoms with Crippen molar-refractivity contribution in [3.8, 4) is 5.75 Å². The minimum Gasteiger partial charge on any atom is -0.484 e. The molecule has 1 aliphatic rings. The molecule has 1 saturated heterocycles. The van der Waals surface area contributed by atoms with Gasteiger partial charge < -0.3 is 15.0 Å². The maximum atomic E-state index is 12.6. The first-order chi connectivity index (χ1) is 15.1. The zero-order valence-electron chi connectivity index (χ0n) is 18.0. The maximum absolute atomic E-state index is 12.6. The average Bonchev–Trinajstić information content (AvgIpc) is 2.75. The van der Waals surface area contributed by atoms with Crippen LogP contribution in [0.2, 0.25) is 0 Å². The third-order valence-electron chi connectivity index (χ3n) is 5.38. The van der Waals surface area contributed by atoms with Gasteiger partial charge in [0.15, 0.2) is 6.61 Å². The number of benzene rings is 2. The molecule has 1 aliphatic heterocycles. The Hall–Kier alpha value is -3.07. The fourth-order valence-corrected chi connectivity index (χ4v) is 3.53. The van der Waals surface area contributed by atoms with E-state index in [9.17, 15) is 22.8 Å². The van der Waals surface area contributed by atoms with Crippen molar-refractivity contribution in [1.82, 2.24) is 9.80 Å². The van der Waals surface area contributed by atoms with Gasteiger partial charge in [-0.1, -0.05) is 18.2 Å². The first-order valence-electron chi connectivity index (χ1n) is 10.3. The Bertz CT molecular complexity index is 933. The van der Waals surface area contributed by atoms with E-state index in [0.717, 1.165) is 28.9 Å². The van der Waals surface area contributed by atoms with Gasteiger partial charge in [-0.3, -0.25) is 14.5 Å². The molecule has 0 spiro atoms. The topological polar surface area (TPSA) is 61.9 Å². The van der Waals surface area contributed by atoms with E-state index in [-0.39, 0.29) is 30.7 Å². The molecule has 172 valence electrons. The summed E-state index contributed by atoms with van der Waals surface area (Å²) in [5.74, 6) is -0.148. The summed E-state index contributed by atoms with van der Waals surface area (Å²) in [5, 5.41) is 2.96. The van der Waals surface area contributed by atoms with Crippen LogP contribution in [0, 0.1) is 13.8 Å². The number of ether oxygens (including phenoxy) is 1. The maximum Gasteiger partial charge on any atom is 0.416 e. The van der Waals surface area contributed by atoms with Gasteiger partial charge in [0.05, 0.1) is 12.1 Å². The second kappa shape index (κ2) is 10.0. The van der Waals surface area contributed by atoms with E-state index < -0.39 is 11.7 Å². The van der Waals surface area contributed by atoms with Crippen molar-refractivity contribution >= 4 is 17.5 Å². The lowest BCUT2D eigenvalue weighted by atomic mass is 10.1. The predicted molar refractivity (Wildman–Crippen MR) is 115 cm³/mol. The second-order valence-corrected chi connectivity index (χ2v) is 7.78. The average molecular weight is 449 g/mol. The fourth-order valence-electron chi connectivity index (χ4n) is 3.53. The molecule has 0 atom stereocenters. The number of alkyl halides is 3. The number of piperazine rings is 1. The molecule has 3 rings (SSSR count). The van der Waals surface area contributed by atoms with Crippen LogP contribution >= 0.6 is 0 Å². The van der Waals surface area contributed by atoms with Crippen LogP contribution in [0.4, 0.5) is 18.9 Å². The highest BCUT2D eigenvalue weighted by molar-refractivity contribution is 5.93. The van der Waals surface area contributed by atoms with Crippen molar-refractivity contribution in [2.45, 2.75) is 20.0 Å². The van der Waals surface area contributed by atoms with E-state index in [2.05, 4.69) is 5.32 Å². The van der Waals surface area contributed by atoms with Crippen molar-refractivity contribution in [3.05, 3.63) is 59.2 Å². The molecule has 1 fully saturated rings. The van der Waals surface area contributed by atoms with Crippen molar-refractivity contribution in [2.24, 2.45) is 0 Å². The summed E-state index contributed by atoms with van der Waals surface area (Å²) in [6.45, 7) is 5.87. The standard InChI is InChI=1S/C23H26F3N3O3/c1-16-4-3-5-17(2)22(16)27-20(30)14-28-10-12-29(13-11-28)21(31)15-32-19-8-6-18(7-9-19)23(24,25)26/h3-9H,10-15H2,1-2H3,(H,27,30). The molecule has 0 aliphatic carbocycles. The van der Waals surface area contributed by atoms with E-state index in [0.29, 0.717) is 26.2 Å². The lowest BCUT2D eigenvalue weighted by Crippen LogP contribution is -2.51. The molecule has 6 nitrogen and oxygen atoms in total. The summed E-state index contributed by atoms with van der Waals surface area (Å²) in [6.07, 6.45) is -4.41. The van der Waals surface area contributed by atoms with E-state index in [4.69, 9.17) is 4.74 Å². The lowest BCUT2D eigenvalue weighted by molar-refractivity contribution is -0.138. The molecule has 1 N–H and O–H groups in total. The molecule has 9 heteroatoms. The normalized spacial score (nSPS) is 14.8. The lowest BCUT2D eigenvalue weighted by Gasteiger charge is -2.34. The second-order valence-electron chi connectivity index (χ2n) is 7.78. The van der Waals surface area contributed by atoms with Gasteiger partial charge in [0.25, 0.3) is 5.91 Å². The number of carbonyl (C=O) groups excluding carboxylic acids is 2. The van der Waals surface area contributed by atoms with Gasteiger partial charge >= 0.3 is 6.18 Å². The van der Waals surface area contributed by atoms with Crippen molar-refractivity contribution in [2.75, 3.05) is 44.6 Å². The van der Waals surface area contributed by atoms with Crippen LogP contribution < -0.4 is 10.1 Å². The third kappa shape index (κ3) is 6.23. The minimum atomic E-state index is -4.41. The molecular weight excluding hydrogens is 423 g/mol. The SMILES string of the molecule is Cc1cccc(C)c1NC(=O)CN1CCN(C(=O)COc2ccc(C(F)(F)F)cc2)CC1. The Morgan fingerprint density at radius 2 is 1.56 bits per heavy atom. The number of rotatable bonds is 6. The van der Waals surface area contributed by atoms with Crippen molar-refractivity contribution in [1.29, 1.82) is 0 Å². The van der Waals surface area contributed by atoms with E-state index >= 15 is 0 Å². The molecule has 0 aromatic heterocycles. The van der Waals surface area contributed by atoms with Gasteiger partial charge in [0.2, 0.25) is 5.91 Å². The summed E-state index contributed by atoms with van der Waals surface area (Å²) in [6, 6.07) is 10.1. The first kappa shape index (κ1) is 23.6. The number of hydrogen-bond donors (Lipinski definition) is 1. The monoisotopic (exact) mass is 449 g/mol. The van der Waals surface area contributed by atoms with Gasteiger partial charge in [-0.2, -0.15) is 13.2 Å². The molecule has 1 heterocycles. The highest BCUT2D eigenvalue weighted by Gasteiger charge is 2.30. The molecule has 0 bridgehead atoms. The number of aryl methyl sites for hydroxylation is 2. The summed E-state index contributed by atoms with van der Waals surface area (Å²) in [4.78, 5) is 28.4. The Kier molecular flexibility index (Phi) is 7.40. The number of hydrogen-bond acceptors (Lipinski definition) is 4. The number of amides is 2. The van der Waals surface area contributed by atoms with Crippen molar-refractivity contribution < 1.29 is 27.5 Å². The van der Waals surface area contributed by atoms with Gasteiger partial charge in [0.1, 0.15) is 5.75 Å². The van der Waals surface area contributed by atoms with Gasteiger partial charge in [-0.15, -0.1) is 0 Å². The molecule has 2 amide bonds. The van der Waals surface area contributed by atoms with E-state index in [1.165, 1.54) is 12.1 Å². The van der Waals surface area contributed by atoms with E-state index in [1.54, 1.807) is 4.90 Å². The Labute approximate surface area is 184 Å². The number of carbonyl (C=O) groups is 2. The van der Waals surface area contributed by atoms with Crippen LogP contribution in [-0.4, -0.2) is 60.9 Å². The van der Waals surface area contributed by atoms with Gasteiger partial charge in [0, 0.05) is 31.9 Å². The number of halogens is 3. The predicted octanol–water partition coefficient (Wildman–Crippen LogP) is 3.48. The van der Waals surface area contributed by atoms with Crippen LogP contribution in [0.5, 0.6) is 5.75 Å². The first-order valence-corrected chi connectivity index (χ1v) is 10.3. The molecule has 0 radical (unpaired) electrons. The largest absolute Gasteiger partial charge is 0.484 e. The molecule has 0 saturated carbocycles. The Morgan fingerprint density at radius 1 is 0.969 bits per heavy atom.